The quantitative estimate of drug-likeness (QED) is 0.491. The highest BCUT2D eigenvalue weighted by Crippen LogP contribution is 2.25. The molecule has 0 saturated heterocycles. The number of carbonyl (C=O) groups excluding carboxylic acids is 1. The Kier molecular flexibility index (Phi) is 5.58. The summed E-state index contributed by atoms with van der Waals surface area (Å²) in [5, 5.41) is 13.0. The third-order valence-corrected chi connectivity index (χ3v) is 3.44. The first-order chi connectivity index (χ1) is 11.9. The molecule has 0 radical (unpaired) electrons. The van der Waals surface area contributed by atoms with Gasteiger partial charge in [-0.05, 0) is 18.1 Å². The van der Waals surface area contributed by atoms with E-state index < -0.39 is 39.5 Å². The van der Waals surface area contributed by atoms with Gasteiger partial charge in [-0.3, -0.25) is 14.9 Å². The zero-order valence-electron chi connectivity index (χ0n) is 13.0. The molecule has 0 unspecified atom stereocenters. The van der Waals surface area contributed by atoms with E-state index in [9.17, 15) is 28.1 Å². The number of rotatable bonds is 6. The van der Waals surface area contributed by atoms with Crippen molar-refractivity contribution in [1.82, 2.24) is 5.32 Å². The van der Waals surface area contributed by atoms with Gasteiger partial charge >= 0.3 is 5.69 Å². The van der Waals surface area contributed by atoms with E-state index in [1.54, 1.807) is 24.3 Å². The summed E-state index contributed by atoms with van der Waals surface area (Å²) >= 11 is 0. The molecule has 0 heterocycles. The molecule has 0 aliphatic heterocycles. The molecule has 0 atom stereocenters. The maximum atomic E-state index is 13.7. The minimum absolute atomic E-state index is 0.0332. The number of nitro benzene ring substituents is 1. The molecule has 1 N–H and O–H groups in total. The second-order valence-corrected chi connectivity index (χ2v) is 4.96. The monoisotopic (exact) mass is 354 g/mol. The molecular weight excluding hydrogens is 341 g/mol. The van der Waals surface area contributed by atoms with Crippen LogP contribution in [0.4, 0.5) is 18.9 Å². The average Bonchev–Trinajstić information content (AvgIpc) is 2.59. The van der Waals surface area contributed by atoms with Crippen molar-refractivity contribution in [2.75, 3.05) is 13.7 Å². The van der Waals surface area contributed by atoms with Crippen LogP contribution in [0.25, 0.3) is 0 Å². The van der Waals surface area contributed by atoms with E-state index in [4.69, 9.17) is 4.74 Å². The topological polar surface area (TPSA) is 81.5 Å². The minimum Gasteiger partial charge on any atom is -0.496 e. The van der Waals surface area contributed by atoms with Crippen molar-refractivity contribution in [1.29, 1.82) is 0 Å². The van der Waals surface area contributed by atoms with Crippen LogP contribution >= 0.6 is 0 Å². The fraction of sp³-hybridized carbons (Fsp3) is 0.188. The number of amides is 1. The molecule has 0 saturated carbocycles. The Morgan fingerprint density at radius 1 is 1.20 bits per heavy atom. The van der Waals surface area contributed by atoms with Crippen LogP contribution in [0.3, 0.4) is 0 Å². The SMILES string of the molecule is COc1ccccc1CCNC(=O)c1cc([N+](=O)[O-])c(F)c(F)c1F. The van der Waals surface area contributed by atoms with Crippen LogP contribution in [0, 0.1) is 27.6 Å². The predicted octanol–water partition coefficient (Wildman–Crippen LogP) is 2.99. The van der Waals surface area contributed by atoms with Crippen LogP contribution in [0.5, 0.6) is 5.75 Å². The molecule has 6 nitrogen and oxygen atoms in total. The molecule has 2 aromatic rings. The molecule has 2 aromatic carbocycles. The van der Waals surface area contributed by atoms with E-state index in [1.165, 1.54) is 7.11 Å². The predicted molar refractivity (Wildman–Crippen MR) is 82.0 cm³/mol. The molecule has 0 aromatic heterocycles. The van der Waals surface area contributed by atoms with Gasteiger partial charge in [-0.2, -0.15) is 4.39 Å². The molecule has 1 amide bonds. The Bertz CT molecular complexity index is 827. The number of halogens is 3. The van der Waals surface area contributed by atoms with Gasteiger partial charge in [-0.25, -0.2) is 8.78 Å². The smallest absolute Gasteiger partial charge is 0.308 e. The molecular formula is C16H13F3N2O4. The highest BCUT2D eigenvalue weighted by molar-refractivity contribution is 5.95. The number of nitro groups is 1. The summed E-state index contributed by atoms with van der Waals surface area (Å²) < 4.78 is 45.6. The number of ether oxygens (including phenoxy) is 1. The van der Waals surface area contributed by atoms with E-state index >= 15 is 0 Å². The van der Waals surface area contributed by atoms with Crippen LogP contribution in [-0.2, 0) is 6.42 Å². The highest BCUT2D eigenvalue weighted by atomic mass is 19.2. The summed E-state index contributed by atoms with van der Waals surface area (Å²) in [5.41, 5.74) is -1.48. The molecule has 132 valence electrons. The van der Waals surface area contributed by atoms with Gasteiger partial charge in [0.05, 0.1) is 17.6 Å². The van der Waals surface area contributed by atoms with Gasteiger partial charge in [0.25, 0.3) is 5.91 Å². The molecule has 0 aliphatic rings. The number of nitrogens with one attached hydrogen (secondary N) is 1. The first kappa shape index (κ1) is 18.2. The van der Waals surface area contributed by atoms with E-state index in [1.807, 2.05) is 0 Å². The van der Waals surface area contributed by atoms with Crippen LogP contribution in [0.2, 0.25) is 0 Å². The third-order valence-electron chi connectivity index (χ3n) is 3.44. The van der Waals surface area contributed by atoms with Crippen molar-refractivity contribution >= 4 is 11.6 Å². The van der Waals surface area contributed by atoms with Crippen LogP contribution in [-0.4, -0.2) is 24.5 Å². The summed E-state index contributed by atoms with van der Waals surface area (Å²) in [7, 11) is 1.48. The van der Waals surface area contributed by atoms with Crippen molar-refractivity contribution < 1.29 is 27.6 Å². The lowest BCUT2D eigenvalue weighted by Gasteiger charge is -2.10. The number of carbonyl (C=O) groups is 1. The number of benzene rings is 2. The second-order valence-electron chi connectivity index (χ2n) is 4.96. The Morgan fingerprint density at radius 2 is 1.88 bits per heavy atom. The Hall–Kier alpha value is -3.10. The summed E-state index contributed by atoms with van der Waals surface area (Å²) in [6.07, 6.45) is 0.323. The number of hydrogen-bond acceptors (Lipinski definition) is 4. The maximum Gasteiger partial charge on any atom is 0.308 e. The lowest BCUT2D eigenvalue weighted by atomic mass is 10.1. The number of methoxy groups -OCH3 is 1. The molecule has 2 rings (SSSR count). The van der Waals surface area contributed by atoms with Gasteiger partial charge in [-0.15, -0.1) is 0 Å². The Balaban J connectivity index is 2.15. The van der Waals surface area contributed by atoms with E-state index in [0.717, 1.165) is 5.56 Å². The van der Waals surface area contributed by atoms with Crippen molar-refractivity contribution in [3.63, 3.8) is 0 Å². The zero-order valence-corrected chi connectivity index (χ0v) is 13.0. The number of nitrogens with zero attached hydrogens (tertiary/aromatic N) is 1. The van der Waals surface area contributed by atoms with Gasteiger partial charge in [0.2, 0.25) is 11.6 Å². The van der Waals surface area contributed by atoms with Crippen LogP contribution < -0.4 is 10.1 Å². The standard InChI is InChI=1S/C16H13F3N2O4/c1-25-12-5-3-2-4-9(12)6-7-20-16(22)10-8-11(21(23)24)14(18)15(19)13(10)17/h2-5,8H,6-7H2,1H3,(H,20,22). The summed E-state index contributed by atoms with van der Waals surface area (Å²) in [4.78, 5) is 21.4. The van der Waals surface area contributed by atoms with E-state index in [2.05, 4.69) is 5.32 Å². The number of para-hydroxylation sites is 1. The lowest BCUT2D eigenvalue weighted by molar-refractivity contribution is -0.387. The molecule has 0 fully saturated rings. The Morgan fingerprint density at radius 3 is 2.52 bits per heavy atom. The summed E-state index contributed by atoms with van der Waals surface area (Å²) in [5.74, 6) is -6.30. The van der Waals surface area contributed by atoms with Crippen molar-refractivity contribution in [3.8, 4) is 5.75 Å². The molecule has 0 spiro atoms. The van der Waals surface area contributed by atoms with E-state index in [-0.39, 0.29) is 6.54 Å². The maximum absolute atomic E-state index is 13.7. The van der Waals surface area contributed by atoms with Gasteiger partial charge in [0.1, 0.15) is 5.75 Å². The minimum atomic E-state index is -2.07. The lowest BCUT2D eigenvalue weighted by Crippen LogP contribution is -2.27. The van der Waals surface area contributed by atoms with Crippen LogP contribution in [0.1, 0.15) is 15.9 Å². The first-order valence-electron chi connectivity index (χ1n) is 7.08. The van der Waals surface area contributed by atoms with Gasteiger partial charge < -0.3 is 10.1 Å². The largest absolute Gasteiger partial charge is 0.496 e. The summed E-state index contributed by atoms with van der Waals surface area (Å²) in [6.45, 7) is 0.0332. The molecule has 9 heteroatoms. The third kappa shape index (κ3) is 3.87. The first-order valence-corrected chi connectivity index (χ1v) is 7.08. The van der Waals surface area contributed by atoms with Crippen molar-refractivity contribution in [3.05, 3.63) is 69.0 Å². The average molecular weight is 354 g/mol. The van der Waals surface area contributed by atoms with E-state index in [0.29, 0.717) is 18.2 Å². The fourth-order valence-electron chi connectivity index (χ4n) is 2.20. The molecule has 0 bridgehead atoms. The highest BCUT2D eigenvalue weighted by Gasteiger charge is 2.28. The Labute approximate surface area is 140 Å². The van der Waals surface area contributed by atoms with Crippen molar-refractivity contribution in [2.24, 2.45) is 0 Å². The normalized spacial score (nSPS) is 10.4. The second kappa shape index (κ2) is 7.65. The van der Waals surface area contributed by atoms with Crippen LogP contribution in [0.15, 0.2) is 30.3 Å². The van der Waals surface area contributed by atoms with Gasteiger partial charge in [-0.1, -0.05) is 18.2 Å². The van der Waals surface area contributed by atoms with Gasteiger partial charge in [0, 0.05) is 12.6 Å². The zero-order chi connectivity index (χ0) is 18.6. The van der Waals surface area contributed by atoms with Gasteiger partial charge in [0.15, 0.2) is 5.82 Å². The summed E-state index contributed by atoms with van der Waals surface area (Å²) in [6, 6.07) is 7.37. The fourth-order valence-corrected chi connectivity index (χ4v) is 2.20. The molecule has 0 aliphatic carbocycles. The number of hydrogen-bond donors (Lipinski definition) is 1. The molecule has 25 heavy (non-hydrogen) atoms. The van der Waals surface area contributed by atoms with Crippen molar-refractivity contribution in [2.45, 2.75) is 6.42 Å².